The van der Waals surface area contributed by atoms with E-state index in [0.717, 1.165) is 0 Å². The van der Waals surface area contributed by atoms with Gasteiger partial charge in [-0.15, -0.1) is 12.4 Å². The summed E-state index contributed by atoms with van der Waals surface area (Å²) in [7, 11) is -0.427. The summed E-state index contributed by atoms with van der Waals surface area (Å²) in [5, 5.41) is 2.93. The van der Waals surface area contributed by atoms with Crippen molar-refractivity contribution in [1.82, 2.24) is 14.9 Å². The lowest BCUT2D eigenvalue weighted by Gasteiger charge is -2.17. The molecule has 0 aliphatic heterocycles. The van der Waals surface area contributed by atoms with Crippen LogP contribution in [-0.4, -0.2) is 66.2 Å². The highest BCUT2D eigenvalue weighted by atomic mass is 35.5. The number of halogens is 1. The highest BCUT2D eigenvalue weighted by molar-refractivity contribution is 7.89. The summed E-state index contributed by atoms with van der Waals surface area (Å²) in [5.74, 6) is 0.519. The van der Waals surface area contributed by atoms with Crippen LogP contribution in [0.5, 0.6) is 11.5 Å². The van der Waals surface area contributed by atoms with Gasteiger partial charge in [-0.2, -0.15) is 0 Å². The number of nitrogens with one attached hydrogen (secondary N) is 2. The topological polar surface area (TPSA) is 97.0 Å². The van der Waals surface area contributed by atoms with Crippen molar-refractivity contribution >= 4 is 28.3 Å². The second kappa shape index (κ2) is 11.9. The number of carbonyl (C=O) groups is 1. The number of carbonyl (C=O) groups excluding carboxylic acids is 1. The fourth-order valence-corrected chi connectivity index (χ4v) is 2.97. The van der Waals surface area contributed by atoms with Gasteiger partial charge in [0, 0.05) is 26.2 Å². The van der Waals surface area contributed by atoms with Crippen molar-refractivity contribution in [2.45, 2.75) is 18.7 Å². The van der Waals surface area contributed by atoms with E-state index in [0.29, 0.717) is 37.8 Å². The summed E-state index contributed by atoms with van der Waals surface area (Å²) in [6.45, 7) is 5.27. The molecule has 1 aromatic carbocycles. The minimum atomic E-state index is -3.83. The average Bonchev–Trinajstić information content (AvgIpc) is 2.59. The molecule has 1 amide bonds. The molecule has 0 atom stereocenters. The van der Waals surface area contributed by atoms with Gasteiger partial charge in [-0.05, 0) is 33.0 Å². The van der Waals surface area contributed by atoms with E-state index in [4.69, 9.17) is 9.47 Å². The van der Waals surface area contributed by atoms with Gasteiger partial charge in [-0.1, -0.05) is 0 Å². The van der Waals surface area contributed by atoms with Crippen molar-refractivity contribution < 1.29 is 22.7 Å². The molecule has 26 heavy (non-hydrogen) atoms. The summed E-state index contributed by atoms with van der Waals surface area (Å²) in [6.07, 6.45) is 0. The molecule has 150 valence electrons. The second-order valence-corrected chi connectivity index (χ2v) is 6.98. The Hall–Kier alpha value is -1.55. The van der Waals surface area contributed by atoms with Crippen molar-refractivity contribution in [3.63, 3.8) is 0 Å². The zero-order chi connectivity index (χ0) is 18.9. The van der Waals surface area contributed by atoms with Crippen LogP contribution in [0.2, 0.25) is 0 Å². The summed E-state index contributed by atoms with van der Waals surface area (Å²) in [5.41, 5.74) is 0. The molecule has 10 heteroatoms. The quantitative estimate of drug-likeness (QED) is 0.562. The van der Waals surface area contributed by atoms with Crippen molar-refractivity contribution in [1.29, 1.82) is 0 Å². The van der Waals surface area contributed by atoms with E-state index in [-0.39, 0.29) is 29.8 Å². The number of rotatable bonds is 11. The Balaban J connectivity index is 0.00000625. The SMILES string of the molecule is CCOc1ccc(S(=O)(=O)NCC(=O)N(C)CCNC)cc1OCC.Cl. The number of hydrogen-bond donors (Lipinski definition) is 2. The monoisotopic (exact) mass is 409 g/mol. The first-order valence-electron chi connectivity index (χ1n) is 8.13. The molecule has 0 aliphatic rings. The van der Waals surface area contributed by atoms with E-state index in [1.165, 1.54) is 17.0 Å². The smallest absolute Gasteiger partial charge is 0.241 e. The molecular weight excluding hydrogens is 382 g/mol. The van der Waals surface area contributed by atoms with Gasteiger partial charge >= 0.3 is 0 Å². The summed E-state index contributed by atoms with van der Waals surface area (Å²) in [4.78, 5) is 13.4. The Kier molecular flexibility index (Phi) is 11.2. The first-order chi connectivity index (χ1) is 11.9. The van der Waals surface area contributed by atoms with Crippen LogP contribution in [0.4, 0.5) is 0 Å². The van der Waals surface area contributed by atoms with E-state index in [2.05, 4.69) is 10.0 Å². The summed E-state index contributed by atoms with van der Waals surface area (Å²) < 4.78 is 38.0. The molecule has 0 saturated heterocycles. The van der Waals surface area contributed by atoms with E-state index in [9.17, 15) is 13.2 Å². The standard InChI is InChI=1S/C16H27N3O5S.ClH/c1-5-23-14-8-7-13(11-15(14)24-6-2)25(21,22)18-12-16(20)19(4)10-9-17-3;/h7-8,11,17-18H,5-6,9-10,12H2,1-4H3;1H. The van der Waals surface area contributed by atoms with Crippen LogP contribution in [0, 0.1) is 0 Å². The normalized spacial score (nSPS) is 10.8. The lowest BCUT2D eigenvalue weighted by atomic mass is 10.3. The van der Waals surface area contributed by atoms with Crippen LogP contribution >= 0.6 is 12.4 Å². The molecule has 1 rings (SSSR count). The van der Waals surface area contributed by atoms with Gasteiger partial charge in [-0.3, -0.25) is 4.79 Å². The van der Waals surface area contributed by atoms with Crippen molar-refractivity contribution in [2.75, 3.05) is 46.9 Å². The van der Waals surface area contributed by atoms with E-state index < -0.39 is 10.0 Å². The van der Waals surface area contributed by atoms with Crippen LogP contribution in [0.1, 0.15) is 13.8 Å². The van der Waals surface area contributed by atoms with E-state index >= 15 is 0 Å². The molecule has 0 bridgehead atoms. The maximum atomic E-state index is 12.4. The van der Waals surface area contributed by atoms with Gasteiger partial charge in [-0.25, -0.2) is 13.1 Å². The highest BCUT2D eigenvalue weighted by Gasteiger charge is 2.19. The largest absolute Gasteiger partial charge is 0.490 e. The Labute approximate surface area is 161 Å². The molecule has 0 aromatic heterocycles. The minimum absolute atomic E-state index is 0. The molecule has 0 unspecified atom stereocenters. The summed E-state index contributed by atoms with van der Waals surface area (Å²) in [6, 6.07) is 4.36. The van der Waals surface area contributed by atoms with Gasteiger partial charge < -0.3 is 19.7 Å². The highest BCUT2D eigenvalue weighted by Crippen LogP contribution is 2.30. The fourth-order valence-electron chi connectivity index (χ4n) is 1.98. The van der Waals surface area contributed by atoms with Crippen LogP contribution in [0.25, 0.3) is 0 Å². The lowest BCUT2D eigenvalue weighted by Crippen LogP contribution is -2.40. The zero-order valence-corrected chi connectivity index (χ0v) is 17.2. The third kappa shape index (κ3) is 7.36. The minimum Gasteiger partial charge on any atom is -0.490 e. The van der Waals surface area contributed by atoms with Crippen LogP contribution in [-0.2, 0) is 14.8 Å². The number of sulfonamides is 1. The molecule has 2 N–H and O–H groups in total. The van der Waals surface area contributed by atoms with Crippen LogP contribution in [0.15, 0.2) is 23.1 Å². The molecule has 1 aromatic rings. The van der Waals surface area contributed by atoms with Gasteiger partial charge in [0.05, 0.1) is 24.7 Å². The molecule has 0 saturated carbocycles. The van der Waals surface area contributed by atoms with Gasteiger partial charge in [0.25, 0.3) is 0 Å². The molecule has 0 spiro atoms. The third-order valence-electron chi connectivity index (χ3n) is 3.36. The second-order valence-electron chi connectivity index (χ2n) is 5.22. The third-order valence-corrected chi connectivity index (χ3v) is 4.76. The number of nitrogens with zero attached hydrogens (tertiary/aromatic N) is 1. The molecule has 0 fully saturated rings. The van der Waals surface area contributed by atoms with Crippen LogP contribution in [0.3, 0.4) is 0 Å². The first-order valence-corrected chi connectivity index (χ1v) is 9.61. The Morgan fingerprint density at radius 3 is 2.35 bits per heavy atom. The Bertz CT molecular complexity index is 670. The number of likely N-dealkylation sites (N-methyl/N-ethyl adjacent to an activating group) is 2. The first kappa shape index (κ1) is 24.5. The Morgan fingerprint density at radius 1 is 1.15 bits per heavy atom. The lowest BCUT2D eigenvalue weighted by molar-refractivity contribution is -0.128. The van der Waals surface area contributed by atoms with Gasteiger partial charge in [0.2, 0.25) is 15.9 Å². The maximum Gasteiger partial charge on any atom is 0.241 e. The molecular formula is C16H28ClN3O5S. The average molecular weight is 410 g/mol. The molecule has 0 aliphatic carbocycles. The van der Waals surface area contributed by atoms with Crippen molar-refractivity contribution in [3.05, 3.63) is 18.2 Å². The fraction of sp³-hybridized carbons (Fsp3) is 0.562. The molecule has 8 nitrogen and oxygen atoms in total. The number of benzene rings is 1. The van der Waals surface area contributed by atoms with Crippen molar-refractivity contribution in [2.24, 2.45) is 0 Å². The molecule has 0 heterocycles. The maximum absolute atomic E-state index is 12.4. The summed E-state index contributed by atoms with van der Waals surface area (Å²) >= 11 is 0. The van der Waals surface area contributed by atoms with E-state index in [1.807, 2.05) is 6.92 Å². The number of ether oxygens (including phenoxy) is 2. The zero-order valence-electron chi connectivity index (χ0n) is 15.6. The predicted octanol–water partition coefficient (Wildman–Crippen LogP) is 0.862. The van der Waals surface area contributed by atoms with Gasteiger partial charge in [0.1, 0.15) is 0 Å². The Morgan fingerprint density at radius 2 is 1.77 bits per heavy atom. The van der Waals surface area contributed by atoms with E-state index in [1.54, 1.807) is 27.1 Å². The van der Waals surface area contributed by atoms with Crippen LogP contribution < -0.4 is 19.5 Å². The predicted molar refractivity (Wildman–Crippen MR) is 103 cm³/mol. The van der Waals surface area contributed by atoms with Gasteiger partial charge in [0.15, 0.2) is 11.5 Å². The van der Waals surface area contributed by atoms with Crippen molar-refractivity contribution in [3.8, 4) is 11.5 Å². The number of amides is 1. The number of hydrogen-bond acceptors (Lipinski definition) is 6. The molecule has 0 radical (unpaired) electrons.